The van der Waals surface area contributed by atoms with Crippen molar-refractivity contribution in [1.82, 2.24) is 5.32 Å². The number of carbonyl (C=O) groups is 2. The lowest BCUT2D eigenvalue weighted by molar-refractivity contribution is -0.885. The van der Waals surface area contributed by atoms with Crippen LogP contribution in [0, 0.1) is 11.3 Å². The quantitative estimate of drug-likeness (QED) is 0.618. The first kappa shape index (κ1) is 13.1. The normalized spacial score (nSPS) is 18.3. The first-order valence-corrected chi connectivity index (χ1v) is 6.08. The maximum Gasteiger partial charge on any atom is 0.279 e. The SMILES string of the molecule is N#Cc1ccccc1NC(=O)C[NH+]1CCNC(=O)C1. The first-order valence-electron chi connectivity index (χ1n) is 6.08. The molecule has 1 aliphatic heterocycles. The van der Waals surface area contributed by atoms with E-state index in [1.165, 1.54) is 0 Å². The number of nitrogens with one attached hydrogen (secondary N) is 3. The van der Waals surface area contributed by atoms with Crippen LogP contribution in [-0.2, 0) is 9.59 Å². The second kappa shape index (κ2) is 5.98. The molecule has 1 aromatic carbocycles. The van der Waals surface area contributed by atoms with Gasteiger partial charge in [0.05, 0.1) is 24.3 Å². The van der Waals surface area contributed by atoms with Gasteiger partial charge in [-0.25, -0.2) is 0 Å². The Morgan fingerprint density at radius 2 is 2.26 bits per heavy atom. The number of benzene rings is 1. The Labute approximate surface area is 111 Å². The highest BCUT2D eigenvalue weighted by molar-refractivity contribution is 5.92. The molecule has 1 saturated heterocycles. The van der Waals surface area contributed by atoms with Gasteiger partial charge in [-0.2, -0.15) is 5.26 Å². The number of quaternary nitrogens is 1. The summed E-state index contributed by atoms with van der Waals surface area (Å²) in [5.74, 6) is -0.223. The van der Waals surface area contributed by atoms with Crippen LogP contribution in [0.3, 0.4) is 0 Å². The number of nitrogens with zero attached hydrogens (tertiary/aromatic N) is 1. The van der Waals surface area contributed by atoms with Crippen molar-refractivity contribution in [3.05, 3.63) is 29.8 Å². The molecular weight excluding hydrogens is 244 g/mol. The highest BCUT2D eigenvalue weighted by Crippen LogP contribution is 2.12. The Kier molecular flexibility index (Phi) is 4.11. The maximum atomic E-state index is 11.9. The van der Waals surface area contributed by atoms with E-state index in [0.717, 1.165) is 11.4 Å². The Bertz CT molecular complexity index is 536. The second-order valence-electron chi connectivity index (χ2n) is 4.41. The Balaban J connectivity index is 1.94. The van der Waals surface area contributed by atoms with Crippen molar-refractivity contribution < 1.29 is 14.5 Å². The van der Waals surface area contributed by atoms with Crippen molar-refractivity contribution in [3.63, 3.8) is 0 Å². The number of amides is 2. The molecule has 1 fully saturated rings. The van der Waals surface area contributed by atoms with Crippen molar-refractivity contribution >= 4 is 17.5 Å². The predicted octanol–water partition coefficient (Wildman–Crippen LogP) is -1.49. The molecule has 0 aliphatic carbocycles. The van der Waals surface area contributed by atoms with Crippen LogP contribution in [0.4, 0.5) is 5.69 Å². The van der Waals surface area contributed by atoms with Crippen LogP contribution in [0.1, 0.15) is 5.56 Å². The van der Waals surface area contributed by atoms with Gasteiger partial charge >= 0.3 is 0 Å². The van der Waals surface area contributed by atoms with Crippen molar-refractivity contribution in [3.8, 4) is 6.07 Å². The standard InChI is InChI=1S/C13H14N4O2/c14-7-10-3-1-2-4-11(10)16-13(19)9-17-6-5-15-12(18)8-17/h1-4H,5-6,8-9H2,(H,15,18)(H,16,19)/p+1. The van der Waals surface area contributed by atoms with E-state index in [0.29, 0.717) is 24.3 Å². The minimum Gasteiger partial charge on any atom is -0.346 e. The Hall–Kier alpha value is -2.39. The monoisotopic (exact) mass is 259 g/mol. The van der Waals surface area contributed by atoms with Gasteiger partial charge in [0.15, 0.2) is 13.1 Å². The number of anilines is 1. The van der Waals surface area contributed by atoms with E-state index in [-0.39, 0.29) is 18.4 Å². The third-order valence-corrected chi connectivity index (χ3v) is 2.94. The number of carbonyl (C=O) groups excluding carboxylic acids is 2. The molecule has 0 radical (unpaired) electrons. The van der Waals surface area contributed by atoms with Crippen LogP contribution in [0.2, 0.25) is 0 Å². The van der Waals surface area contributed by atoms with E-state index in [1.54, 1.807) is 24.3 Å². The smallest absolute Gasteiger partial charge is 0.279 e. The molecule has 1 aliphatic rings. The van der Waals surface area contributed by atoms with Crippen molar-refractivity contribution in [2.75, 3.05) is 31.5 Å². The lowest BCUT2D eigenvalue weighted by Gasteiger charge is -2.22. The van der Waals surface area contributed by atoms with Gasteiger partial charge in [0.25, 0.3) is 11.8 Å². The molecule has 6 nitrogen and oxygen atoms in total. The van der Waals surface area contributed by atoms with Gasteiger partial charge in [-0.15, -0.1) is 0 Å². The summed E-state index contributed by atoms with van der Waals surface area (Å²) in [7, 11) is 0. The Morgan fingerprint density at radius 3 is 3.00 bits per heavy atom. The molecule has 6 heteroatoms. The first-order chi connectivity index (χ1) is 9.19. The van der Waals surface area contributed by atoms with Gasteiger partial charge in [0.1, 0.15) is 6.07 Å². The minimum atomic E-state index is -0.188. The van der Waals surface area contributed by atoms with Crippen molar-refractivity contribution in [1.29, 1.82) is 5.26 Å². The van der Waals surface area contributed by atoms with Gasteiger partial charge in [-0.05, 0) is 12.1 Å². The highest BCUT2D eigenvalue weighted by Gasteiger charge is 2.22. The molecule has 1 atom stereocenters. The topological polar surface area (TPSA) is 86.4 Å². The minimum absolute atomic E-state index is 0.0357. The summed E-state index contributed by atoms with van der Waals surface area (Å²) in [6.07, 6.45) is 0. The predicted molar refractivity (Wildman–Crippen MR) is 68.4 cm³/mol. The number of hydrogen-bond donors (Lipinski definition) is 3. The highest BCUT2D eigenvalue weighted by atomic mass is 16.2. The van der Waals surface area contributed by atoms with Gasteiger partial charge in [-0.3, -0.25) is 9.59 Å². The molecule has 2 amide bonds. The fraction of sp³-hybridized carbons (Fsp3) is 0.308. The van der Waals surface area contributed by atoms with E-state index in [1.807, 2.05) is 6.07 Å². The summed E-state index contributed by atoms with van der Waals surface area (Å²) in [6.45, 7) is 1.87. The van der Waals surface area contributed by atoms with Crippen LogP contribution >= 0.6 is 0 Å². The maximum absolute atomic E-state index is 11.9. The average molecular weight is 259 g/mol. The summed E-state index contributed by atoms with van der Waals surface area (Å²) in [5.41, 5.74) is 0.943. The molecule has 0 saturated carbocycles. The van der Waals surface area contributed by atoms with Crippen molar-refractivity contribution in [2.45, 2.75) is 0 Å². The number of rotatable bonds is 3. The molecule has 0 aromatic heterocycles. The molecule has 1 heterocycles. The third kappa shape index (κ3) is 3.53. The van der Waals surface area contributed by atoms with Gasteiger partial charge < -0.3 is 15.5 Å². The van der Waals surface area contributed by atoms with E-state index in [9.17, 15) is 9.59 Å². The van der Waals surface area contributed by atoms with Gasteiger partial charge in [-0.1, -0.05) is 12.1 Å². The zero-order chi connectivity index (χ0) is 13.7. The molecule has 2 rings (SSSR count). The molecular formula is C13H15N4O2+. The van der Waals surface area contributed by atoms with E-state index in [2.05, 4.69) is 10.6 Å². The fourth-order valence-corrected chi connectivity index (χ4v) is 2.02. The zero-order valence-electron chi connectivity index (χ0n) is 10.4. The Morgan fingerprint density at radius 1 is 1.47 bits per heavy atom. The molecule has 0 spiro atoms. The summed E-state index contributed by atoms with van der Waals surface area (Å²) < 4.78 is 0. The largest absolute Gasteiger partial charge is 0.346 e. The summed E-state index contributed by atoms with van der Waals surface area (Å²) >= 11 is 0. The molecule has 0 bridgehead atoms. The van der Waals surface area contributed by atoms with E-state index < -0.39 is 0 Å². The van der Waals surface area contributed by atoms with Crippen molar-refractivity contribution in [2.24, 2.45) is 0 Å². The molecule has 3 N–H and O–H groups in total. The number of hydrogen-bond acceptors (Lipinski definition) is 3. The lowest BCUT2D eigenvalue weighted by atomic mass is 10.2. The number of nitriles is 1. The van der Waals surface area contributed by atoms with Gasteiger partial charge in [0, 0.05) is 0 Å². The van der Waals surface area contributed by atoms with Crippen LogP contribution in [-0.4, -0.2) is 38.0 Å². The number of para-hydroxylation sites is 1. The zero-order valence-corrected chi connectivity index (χ0v) is 10.4. The lowest BCUT2D eigenvalue weighted by Crippen LogP contribution is -3.16. The summed E-state index contributed by atoms with van der Waals surface area (Å²) in [5, 5.41) is 14.4. The van der Waals surface area contributed by atoms with Gasteiger partial charge in [0.2, 0.25) is 0 Å². The van der Waals surface area contributed by atoms with E-state index in [4.69, 9.17) is 5.26 Å². The average Bonchev–Trinajstić information content (AvgIpc) is 2.39. The summed E-state index contributed by atoms with van der Waals surface area (Å²) in [6, 6.07) is 8.87. The number of piperazine rings is 1. The molecule has 98 valence electrons. The molecule has 1 unspecified atom stereocenters. The second-order valence-corrected chi connectivity index (χ2v) is 4.41. The van der Waals surface area contributed by atoms with Crippen LogP contribution in [0.25, 0.3) is 0 Å². The third-order valence-electron chi connectivity index (χ3n) is 2.94. The molecule has 1 aromatic rings. The molecule has 19 heavy (non-hydrogen) atoms. The van der Waals surface area contributed by atoms with Crippen LogP contribution in [0.15, 0.2) is 24.3 Å². The van der Waals surface area contributed by atoms with Crippen LogP contribution < -0.4 is 15.5 Å². The fourth-order valence-electron chi connectivity index (χ4n) is 2.02. The summed E-state index contributed by atoms with van der Waals surface area (Å²) in [4.78, 5) is 24.0. The van der Waals surface area contributed by atoms with Crippen LogP contribution in [0.5, 0.6) is 0 Å². The van der Waals surface area contributed by atoms with E-state index >= 15 is 0 Å².